The molecule has 1 atom stereocenters. The van der Waals surface area contributed by atoms with E-state index < -0.39 is 6.04 Å². The molecule has 18 heavy (non-hydrogen) atoms. The minimum Gasteiger partial charge on any atom is -0.304 e. The lowest BCUT2D eigenvalue weighted by Crippen LogP contribution is -2.39. The minimum atomic E-state index is -0.417. The maximum atomic E-state index is 12.0. The van der Waals surface area contributed by atoms with Crippen molar-refractivity contribution in [2.45, 2.75) is 19.0 Å². The molecule has 96 valence electrons. The molecule has 0 radical (unpaired) electrons. The molecule has 1 aromatic carbocycles. The van der Waals surface area contributed by atoms with E-state index in [2.05, 4.69) is 5.32 Å². The molecule has 1 N–H and O–H groups in total. The zero-order chi connectivity index (χ0) is 13.0. The van der Waals surface area contributed by atoms with Gasteiger partial charge in [-0.3, -0.25) is 14.5 Å². The second-order valence-corrected chi connectivity index (χ2v) is 4.58. The van der Waals surface area contributed by atoms with Crippen molar-refractivity contribution in [1.82, 2.24) is 10.2 Å². The number of carbonyl (C=O) groups is 2. The number of hydrogen-bond donors (Lipinski definition) is 1. The van der Waals surface area contributed by atoms with Crippen molar-refractivity contribution in [1.29, 1.82) is 0 Å². The summed E-state index contributed by atoms with van der Waals surface area (Å²) in [7, 11) is 0. The molecule has 1 heterocycles. The van der Waals surface area contributed by atoms with E-state index in [1.807, 2.05) is 30.3 Å². The number of benzene rings is 1. The van der Waals surface area contributed by atoms with Gasteiger partial charge < -0.3 is 5.32 Å². The lowest BCUT2D eigenvalue weighted by molar-refractivity contribution is -0.139. The van der Waals surface area contributed by atoms with Crippen LogP contribution in [0.5, 0.6) is 0 Å². The number of hydrogen-bond acceptors (Lipinski definition) is 3. The van der Waals surface area contributed by atoms with Crippen molar-refractivity contribution in [3.8, 4) is 0 Å². The third-order valence-corrected chi connectivity index (χ3v) is 3.10. The highest BCUT2D eigenvalue weighted by molar-refractivity contribution is 6.18. The van der Waals surface area contributed by atoms with Crippen LogP contribution in [0.4, 0.5) is 0 Å². The number of nitrogens with one attached hydrogen (secondary N) is 1. The van der Waals surface area contributed by atoms with E-state index in [0.29, 0.717) is 19.0 Å². The van der Waals surface area contributed by atoms with Crippen molar-refractivity contribution in [3.63, 3.8) is 0 Å². The Bertz CT molecular complexity index is 436. The van der Waals surface area contributed by atoms with Crippen molar-refractivity contribution < 1.29 is 9.59 Å². The number of halogens is 1. The Morgan fingerprint density at radius 1 is 1.28 bits per heavy atom. The summed E-state index contributed by atoms with van der Waals surface area (Å²) in [4.78, 5) is 25.1. The summed E-state index contributed by atoms with van der Waals surface area (Å²) in [5.74, 6) is 0.140. The highest BCUT2D eigenvalue weighted by atomic mass is 35.5. The van der Waals surface area contributed by atoms with Gasteiger partial charge in [-0.05, 0) is 5.56 Å². The zero-order valence-electron chi connectivity index (χ0n) is 9.93. The van der Waals surface area contributed by atoms with Gasteiger partial charge in [-0.2, -0.15) is 0 Å². The van der Waals surface area contributed by atoms with E-state index in [4.69, 9.17) is 11.6 Å². The highest BCUT2D eigenvalue weighted by Crippen LogP contribution is 2.16. The molecule has 1 aromatic rings. The molecule has 1 fully saturated rings. The number of imide groups is 1. The van der Waals surface area contributed by atoms with Gasteiger partial charge in [-0.15, -0.1) is 11.6 Å². The van der Waals surface area contributed by atoms with Crippen LogP contribution in [-0.2, 0) is 16.1 Å². The van der Waals surface area contributed by atoms with Crippen LogP contribution in [0.25, 0.3) is 0 Å². The smallest absolute Gasteiger partial charge is 0.247 e. The lowest BCUT2D eigenvalue weighted by Gasteiger charge is -2.15. The highest BCUT2D eigenvalue weighted by Gasteiger charge is 2.37. The van der Waals surface area contributed by atoms with E-state index >= 15 is 0 Å². The normalized spacial score (nSPS) is 19.6. The first-order valence-electron chi connectivity index (χ1n) is 5.90. The second kappa shape index (κ2) is 5.98. The summed E-state index contributed by atoms with van der Waals surface area (Å²) >= 11 is 5.56. The van der Waals surface area contributed by atoms with Crippen molar-refractivity contribution >= 4 is 23.4 Å². The quantitative estimate of drug-likeness (QED) is 0.642. The van der Waals surface area contributed by atoms with E-state index in [1.54, 1.807) is 0 Å². The molecule has 0 aliphatic carbocycles. The summed E-state index contributed by atoms with van der Waals surface area (Å²) in [5, 5.41) is 2.98. The molecule has 0 bridgehead atoms. The average molecular weight is 267 g/mol. The molecule has 1 aliphatic heterocycles. The van der Waals surface area contributed by atoms with Gasteiger partial charge in [-0.1, -0.05) is 30.3 Å². The van der Waals surface area contributed by atoms with Crippen LogP contribution in [-0.4, -0.2) is 35.2 Å². The summed E-state index contributed by atoms with van der Waals surface area (Å²) in [6.07, 6.45) is 0.225. The molecular formula is C13H15ClN2O2. The topological polar surface area (TPSA) is 49.4 Å². The maximum absolute atomic E-state index is 12.0. The average Bonchev–Trinajstić information content (AvgIpc) is 2.65. The molecule has 0 saturated carbocycles. The standard InChI is InChI=1S/C13H15ClN2O2/c14-6-7-15-11-8-12(17)16(13(11)18)9-10-4-2-1-3-5-10/h1-5,11,15H,6-9H2/t11-/m1/s1. The third kappa shape index (κ3) is 2.89. The SMILES string of the molecule is O=C1C[C@@H](NCCCl)C(=O)N1Cc1ccccc1. The Balaban J connectivity index is 2.01. The van der Waals surface area contributed by atoms with Crippen LogP contribution < -0.4 is 5.32 Å². The minimum absolute atomic E-state index is 0.129. The van der Waals surface area contributed by atoms with Crippen LogP contribution >= 0.6 is 11.6 Å². The van der Waals surface area contributed by atoms with Gasteiger partial charge >= 0.3 is 0 Å². The fourth-order valence-corrected chi connectivity index (χ4v) is 2.11. The van der Waals surface area contributed by atoms with Gasteiger partial charge in [0, 0.05) is 12.4 Å². The molecule has 0 spiro atoms. The molecular weight excluding hydrogens is 252 g/mol. The molecule has 0 aromatic heterocycles. The predicted octanol–water partition coefficient (Wildman–Crippen LogP) is 1.14. The largest absolute Gasteiger partial charge is 0.304 e. The fourth-order valence-electron chi connectivity index (χ4n) is 2.00. The molecule has 2 rings (SSSR count). The number of likely N-dealkylation sites (tertiary alicyclic amines) is 1. The first-order valence-corrected chi connectivity index (χ1v) is 6.43. The number of alkyl halides is 1. The summed E-state index contributed by atoms with van der Waals surface area (Å²) in [6.45, 7) is 0.877. The van der Waals surface area contributed by atoms with Crippen molar-refractivity contribution in [3.05, 3.63) is 35.9 Å². The van der Waals surface area contributed by atoms with Crippen LogP contribution in [0.1, 0.15) is 12.0 Å². The van der Waals surface area contributed by atoms with Gasteiger partial charge in [0.15, 0.2) is 0 Å². The fraction of sp³-hybridized carbons (Fsp3) is 0.385. The molecule has 1 saturated heterocycles. The molecule has 5 heteroatoms. The van der Waals surface area contributed by atoms with E-state index in [9.17, 15) is 9.59 Å². The Hall–Kier alpha value is -1.39. The monoisotopic (exact) mass is 266 g/mol. The van der Waals surface area contributed by atoms with Gasteiger partial charge in [0.1, 0.15) is 0 Å². The lowest BCUT2D eigenvalue weighted by atomic mass is 10.2. The first-order chi connectivity index (χ1) is 8.72. The van der Waals surface area contributed by atoms with Crippen molar-refractivity contribution in [2.75, 3.05) is 12.4 Å². The predicted molar refractivity (Wildman–Crippen MR) is 69.1 cm³/mol. The first kappa shape index (κ1) is 13.1. The molecule has 4 nitrogen and oxygen atoms in total. The Kier molecular flexibility index (Phi) is 4.33. The summed E-state index contributed by atoms with van der Waals surface area (Å²) in [5.41, 5.74) is 0.956. The Morgan fingerprint density at radius 3 is 2.67 bits per heavy atom. The molecule has 2 amide bonds. The molecule has 1 aliphatic rings. The maximum Gasteiger partial charge on any atom is 0.247 e. The van der Waals surface area contributed by atoms with Crippen LogP contribution in [0.15, 0.2) is 30.3 Å². The number of carbonyl (C=O) groups excluding carboxylic acids is 2. The molecule has 0 unspecified atom stereocenters. The third-order valence-electron chi connectivity index (χ3n) is 2.91. The number of amides is 2. The van der Waals surface area contributed by atoms with Gasteiger partial charge in [-0.25, -0.2) is 0 Å². The summed E-state index contributed by atoms with van der Waals surface area (Å²) in [6, 6.07) is 9.08. The Morgan fingerprint density at radius 2 is 2.00 bits per heavy atom. The van der Waals surface area contributed by atoms with Crippen LogP contribution in [0.3, 0.4) is 0 Å². The van der Waals surface area contributed by atoms with Gasteiger partial charge in [0.25, 0.3) is 0 Å². The Labute approximate surface area is 111 Å². The van der Waals surface area contributed by atoms with E-state index in [1.165, 1.54) is 4.90 Å². The summed E-state index contributed by atoms with van der Waals surface area (Å²) < 4.78 is 0. The van der Waals surface area contributed by atoms with E-state index in [0.717, 1.165) is 5.56 Å². The van der Waals surface area contributed by atoms with Gasteiger partial charge in [0.05, 0.1) is 19.0 Å². The number of nitrogens with zero attached hydrogens (tertiary/aromatic N) is 1. The second-order valence-electron chi connectivity index (χ2n) is 4.20. The van der Waals surface area contributed by atoms with Crippen molar-refractivity contribution in [2.24, 2.45) is 0 Å². The van der Waals surface area contributed by atoms with Gasteiger partial charge in [0.2, 0.25) is 11.8 Å². The van der Waals surface area contributed by atoms with Crippen LogP contribution in [0, 0.1) is 0 Å². The van der Waals surface area contributed by atoms with Crippen LogP contribution in [0.2, 0.25) is 0 Å². The number of rotatable bonds is 5. The van der Waals surface area contributed by atoms with E-state index in [-0.39, 0.29) is 18.2 Å². The zero-order valence-corrected chi connectivity index (χ0v) is 10.7.